The number of likely N-dealkylation sites (tertiary alicyclic amines) is 1. The number of carbonyl (C=O) groups is 1. The van der Waals surface area contributed by atoms with E-state index in [1.165, 1.54) is 0 Å². The predicted molar refractivity (Wildman–Crippen MR) is 43.9 cm³/mol. The van der Waals surface area contributed by atoms with Crippen LogP contribution in [0.2, 0.25) is 0 Å². The zero-order valence-electron chi connectivity index (χ0n) is 7.29. The quantitative estimate of drug-likeness (QED) is 0.613. The molecule has 0 amide bonds. The van der Waals surface area contributed by atoms with E-state index >= 15 is 0 Å². The van der Waals surface area contributed by atoms with Gasteiger partial charge in [0, 0.05) is 6.54 Å². The summed E-state index contributed by atoms with van der Waals surface area (Å²) in [5.41, 5.74) is -0.701. The van der Waals surface area contributed by atoms with Crippen LogP contribution in [0.25, 0.3) is 0 Å². The van der Waals surface area contributed by atoms with Crippen molar-refractivity contribution in [1.29, 1.82) is 0 Å². The standard InChI is InChI=1S/C8H15NO3/c1-8(12)3-2-4-9(6-8)5-7(10)11/h12H,2-6H2,1H3,(H,10,11). The molecule has 0 saturated carbocycles. The molecule has 0 spiro atoms. The minimum Gasteiger partial charge on any atom is -0.480 e. The lowest BCUT2D eigenvalue weighted by Crippen LogP contribution is -2.47. The molecular formula is C8H15NO3. The Bertz CT molecular complexity index is 179. The number of carboxylic acid groups (broad SMARTS) is 1. The van der Waals surface area contributed by atoms with Gasteiger partial charge in [-0.25, -0.2) is 0 Å². The summed E-state index contributed by atoms with van der Waals surface area (Å²) in [6, 6.07) is 0. The van der Waals surface area contributed by atoms with Gasteiger partial charge in [0.05, 0.1) is 12.1 Å². The van der Waals surface area contributed by atoms with Gasteiger partial charge in [0.1, 0.15) is 0 Å². The fourth-order valence-electron chi connectivity index (χ4n) is 1.65. The van der Waals surface area contributed by atoms with Crippen molar-refractivity contribution in [2.45, 2.75) is 25.4 Å². The van der Waals surface area contributed by atoms with Crippen molar-refractivity contribution in [2.75, 3.05) is 19.6 Å². The normalized spacial score (nSPS) is 31.8. The SMILES string of the molecule is CC1(O)CCCN(CC(=O)O)C1. The maximum absolute atomic E-state index is 10.4. The van der Waals surface area contributed by atoms with E-state index in [0.717, 1.165) is 19.4 Å². The highest BCUT2D eigenvalue weighted by molar-refractivity contribution is 5.69. The van der Waals surface area contributed by atoms with E-state index in [0.29, 0.717) is 6.54 Å². The van der Waals surface area contributed by atoms with E-state index in [1.54, 1.807) is 11.8 Å². The second kappa shape index (κ2) is 3.41. The Kier molecular flexibility index (Phi) is 2.69. The average Bonchev–Trinajstić information content (AvgIpc) is 1.82. The van der Waals surface area contributed by atoms with Crippen LogP contribution in [0.5, 0.6) is 0 Å². The number of hydrogen-bond acceptors (Lipinski definition) is 3. The molecule has 1 fully saturated rings. The lowest BCUT2D eigenvalue weighted by molar-refractivity contribution is -0.139. The van der Waals surface area contributed by atoms with Crippen LogP contribution < -0.4 is 0 Å². The summed E-state index contributed by atoms with van der Waals surface area (Å²) < 4.78 is 0. The van der Waals surface area contributed by atoms with Gasteiger partial charge in [-0.05, 0) is 26.3 Å². The van der Waals surface area contributed by atoms with E-state index in [1.807, 2.05) is 0 Å². The average molecular weight is 173 g/mol. The fourth-order valence-corrected chi connectivity index (χ4v) is 1.65. The summed E-state index contributed by atoms with van der Waals surface area (Å²) in [5, 5.41) is 18.1. The van der Waals surface area contributed by atoms with E-state index in [-0.39, 0.29) is 6.54 Å². The molecule has 0 aromatic heterocycles. The van der Waals surface area contributed by atoms with Crippen LogP contribution in [-0.2, 0) is 4.79 Å². The van der Waals surface area contributed by atoms with E-state index < -0.39 is 11.6 Å². The third kappa shape index (κ3) is 2.79. The third-order valence-corrected chi connectivity index (χ3v) is 2.11. The minimum atomic E-state index is -0.826. The zero-order valence-corrected chi connectivity index (χ0v) is 7.29. The first-order valence-corrected chi connectivity index (χ1v) is 4.16. The number of rotatable bonds is 2. The van der Waals surface area contributed by atoms with Crippen LogP contribution in [0.3, 0.4) is 0 Å². The Morgan fingerprint density at radius 3 is 2.83 bits per heavy atom. The molecule has 2 N–H and O–H groups in total. The molecule has 1 heterocycles. The number of aliphatic carboxylic acids is 1. The Labute approximate surface area is 71.8 Å². The highest BCUT2D eigenvalue weighted by Crippen LogP contribution is 2.19. The summed E-state index contributed by atoms with van der Waals surface area (Å²) in [6.45, 7) is 3.04. The van der Waals surface area contributed by atoms with Gasteiger partial charge in [0.25, 0.3) is 0 Å². The summed E-state index contributed by atoms with van der Waals surface area (Å²) in [6.07, 6.45) is 1.64. The van der Waals surface area contributed by atoms with Crippen molar-refractivity contribution in [3.8, 4) is 0 Å². The van der Waals surface area contributed by atoms with Crippen molar-refractivity contribution in [3.05, 3.63) is 0 Å². The number of nitrogens with zero attached hydrogens (tertiary/aromatic N) is 1. The Balaban J connectivity index is 2.41. The second-order valence-electron chi connectivity index (χ2n) is 3.70. The van der Waals surface area contributed by atoms with Crippen LogP contribution in [0.15, 0.2) is 0 Å². The summed E-state index contributed by atoms with van der Waals surface area (Å²) in [4.78, 5) is 12.1. The van der Waals surface area contributed by atoms with Gasteiger partial charge in [-0.2, -0.15) is 0 Å². The third-order valence-electron chi connectivity index (χ3n) is 2.11. The molecule has 70 valence electrons. The molecular weight excluding hydrogens is 158 g/mol. The van der Waals surface area contributed by atoms with Crippen molar-refractivity contribution in [2.24, 2.45) is 0 Å². The van der Waals surface area contributed by atoms with E-state index in [4.69, 9.17) is 5.11 Å². The van der Waals surface area contributed by atoms with Gasteiger partial charge in [0.2, 0.25) is 0 Å². The molecule has 1 atom stereocenters. The molecule has 0 bridgehead atoms. The largest absolute Gasteiger partial charge is 0.480 e. The lowest BCUT2D eigenvalue weighted by atomic mass is 9.95. The topological polar surface area (TPSA) is 60.8 Å². The van der Waals surface area contributed by atoms with Gasteiger partial charge < -0.3 is 10.2 Å². The monoisotopic (exact) mass is 173 g/mol. The second-order valence-corrected chi connectivity index (χ2v) is 3.70. The van der Waals surface area contributed by atoms with Gasteiger partial charge >= 0.3 is 5.97 Å². The van der Waals surface area contributed by atoms with Crippen molar-refractivity contribution >= 4 is 5.97 Å². The van der Waals surface area contributed by atoms with Crippen molar-refractivity contribution in [1.82, 2.24) is 4.90 Å². The smallest absolute Gasteiger partial charge is 0.317 e. The first-order chi connectivity index (χ1) is 5.49. The number of carboxylic acids is 1. The molecule has 4 nitrogen and oxygen atoms in total. The maximum atomic E-state index is 10.4. The molecule has 0 aromatic rings. The van der Waals surface area contributed by atoms with Crippen LogP contribution in [0.4, 0.5) is 0 Å². The summed E-state index contributed by atoms with van der Waals surface area (Å²) >= 11 is 0. The highest BCUT2D eigenvalue weighted by Gasteiger charge is 2.28. The molecule has 1 unspecified atom stereocenters. The number of β-amino-alcohol motifs (C(OH)–C–C–N with tert-alkyl or cyclic N) is 1. The van der Waals surface area contributed by atoms with Gasteiger partial charge in [-0.3, -0.25) is 9.69 Å². The van der Waals surface area contributed by atoms with Gasteiger partial charge in [-0.1, -0.05) is 0 Å². The first-order valence-electron chi connectivity index (χ1n) is 4.16. The van der Waals surface area contributed by atoms with E-state index in [9.17, 15) is 9.90 Å². The molecule has 1 rings (SSSR count). The summed E-state index contributed by atoms with van der Waals surface area (Å²) in [5.74, 6) is -0.826. The van der Waals surface area contributed by atoms with Crippen LogP contribution in [0, 0.1) is 0 Å². The number of hydrogen-bond donors (Lipinski definition) is 2. The minimum absolute atomic E-state index is 0.0378. The van der Waals surface area contributed by atoms with Gasteiger partial charge in [-0.15, -0.1) is 0 Å². The van der Waals surface area contributed by atoms with Crippen LogP contribution in [0.1, 0.15) is 19.8 Å². The molecule has 4 heteroatoms. The fraction of sp³-hybridized carbons (Fsp3) is 0.875. The molecule has 1 aliphatic rings. The van der Waals surface area contributed by atoms with Crippen LogP contribution in [-0.4, -0.2) is 46.3 Å². The van der Waals surface area contributed by atoms with Crippen LogP contribution >= 0.6 is 0 Å². The van der Waals surface area contributed by atoms with E-state index in [2.05, 4.69) is 0 Å². The zero-order chi connectivity index (χ0) is 9.19. The summed E-state index contributed by atoms with van der Waals surface area (Å²) in [7, 11) is 0. The van der Waals surface area contributed by atoms with Crippen molar-refractivity contribution in [3.63, 3.8) is 0 Å². The molecule has 1 saturated heterocycles. The molecule has 1 aliphatic heterocycles. The molecule has 0 aliphatic carbocycles. The number of aliphatic hydroxyl groups is 1. The Hall–Kier alpha value is -0.610. The molecule has 0 radical (unpaired) electrons. The van der Waals surface area contributed by atoms with Crippen molar-refractivity contribution < 1.29 is 15.0 Å². The molecule has 0 aromatic carbocycles. The number of piperidine rings is 1. The van der Waals surface area contributed by atoms with Gasteiger partial charge in [0.15, 0.2) is 0 Å². The molecule has 12 heavy (non-hydrogen) atoms. The highest BCUT2D eigenvalue weighted by atomic mass is 16.4. The lowest BCUT2D eigenvalue weighted by Gasteiger charge is -2.35. The Morgan fingerprint density at radius 1 is 1.67 bits per heavy atom. The maximum Gasteiger partial charge on any atom is 0.317 e. The first kappa shape index (κ1) is 9.48. The Morgan fingerprint density at radius 2 is 2.33 bits per heavy atom. The predicted octanol–water partition coefficient (Wildman–Crippen LogP) is -0.0822.